The number of anilines is 1. The van der Waals surface area contributed by atoms with Crippen molar-refractivity contribution >= 4 is 45.9 Å². The highest BCUT2D eigenvalue weighted by Gasteiger charge is 2.15. The van der Waals surface area contributed by atoms with E-state index in [0.717, 1.165) is 24.9 Å². The van der Waals surface area contributed by atoms with Crippen LogP contribution in [-0.2, 0) is 17.6 Å². The van der Waals surface area contributed by atoms with Crippen molar-refractivity contribution in [3.8, 4) is 5.69 Å². The van der Waals surface area contributed by atoms with Crippen molar-refractivity contribution in [2.24, 2.45) is 0 Å². The van der Waals surface area contributed by atoms with E-state index in [1.165, 1.54) is 52.1 Å². The van der Waals surface area contributed by atoms with Crippen molar-refractivity contribution < 1.29 is 9.18 Å². The molecule has 0 aliphatic heterocycles. The number of rotatable bonds is 8. The van der Waals surface area contributed by atoms with Gasteiger partial charge in [0.15, 0.2) is 5.16 Å². The van der Waals surface area contributed by atoms with Crippen molar-refractivity contribution in [3.63, 3.8) is 0 Å². The summed E-state index contributed by atoms with van der Waals surface area (Å²) in [5, 5.41) is 3.93. The summed E-state index contributed by atoms with van der Waals surface area (Å²) in [7, 11) is 0. The Morgan fingerprint density at radius 3 is 2.75 bits per heavy atom. The number of halogens is 2. The molecule has 5 nitrogen and oxygen atoms in total. The molecule has 36 heavy (non-hydrogen) atoms. The topological polar surface area (TPSA) is 64.0 Å². The molecule has 1 aromatic heterocycles. The summed E-state index contributed by atoms with van der Waals surface area (Å²) in [4.78, 5) is 30.4. The van der Waals surface area contributed by atoms with Crippen LogP contribution in [0, 0.1) is 5.82 Å². The number of thioether (sulfide) groups is 1. The van der Waals surface area contributed by atoms with Crippen molar-refractivity contribution in [3.05, 3.63) is 93.0 Å². The van der Waals surface area contributed by atoms with E-state index in [4.69, 9.17) is 16.6 Å². The van der Waals surface area contributed by atoms with Gasteiger partial charge in [-0.05, 0) is 85.7 Å². The molecule has 8 heteroatoms. The van der Waals surface area contributed by atoms with Gasteiger partial charge in [-0.3, -0.25) is 14.2 Å². The predicted molar refractivity (Wildman–Crippen MR) is 144 cm³/mol. The number of carbonyl (C=O) groups is 1. The van der Waals surface area contributed by atoms with Gasteiger partial charge in [-0.1, -0.05) is 41.6 Å². The summed E-state index contributed by atoms with van der Waals surface area (Å²) >= 11 is 7.43. The summed E-state index contributed by atoms with van der Waals surface area (Å²) in [6.45, 7) is 0. The molecule has 5 rings (SSSR count). The molecule has 1 aliphatic rings. The summed E-state index contributed by atoms with van der Waals surface area (Å²) in [5.41, 5.74) is 4.40. The number of amides is 1. The van der Waals surface area contributed by atoms with Gasteiger partial charge in [-0.25, -0.2) is 9.37 Å². The van der Waals surface area contributed by atoms with E-state index in [1.54, 1.807) is 18.2 Å². The number of benzene rings is 3. The molecule has 3 aromatic carbocycles. The molecule has 1 heterocycles. The SMILES string of the molecule is O=C(CCCCSc1nc2ccccc2c(=O)n1-c1ccc(F)c(Cl)c1)Nc1ccc2c(c1)CCC2. The Labute approximate surface area is 217 Å². The van der Waals surface area contributed by atoms with E-state index in [1.807, 2.05) is 12.1 Å². The predicted octanol–water partition coefficient (Wildman–Crippen LogP) is 6.57. The fourth-order valence-electron chi connectivity index (χ4n) is 4.49. The molecule has 184 valence electrons. The molecule has 0 fully saturated rings. The lowest BCUT2D eigenvalue weighted by Crippen LogP contribution is -2.22. The van der Waals surface area contributed by atoms with E-state index in [-0.39, 0.29) is 16.5 Å². The zero-order chi connectivity index (χ0) is 25.1. The molecule has 0 spiro atoms. The number of hydrogen-bond acceptors (Lipinski definition) is 4. The van der Waals surface area contributed by atoms with E-state index < -0.39 is 5.82 Å². The third kappa shape index (κ3) is 5.32. The monoisotopic (exact) mass is 521 g/mol. The molecule has 0 unspecified atom stereocenters. The number of nitrogens with one attached hydrogen (secondary N) is 1. The Kier molecular flexibility index (Phi) is 7.39. The van der Waals surface area contributed by atoms with Crippen LogP contribution < -0.4 is 10.9 Å². The van der Waals surface area contributed by atoms with Crippen molar-refractivity contribution in [2.75, 3.05) is 11.1 Å². The molecule has 0 bridgehead atoms. The molecule has 1 aliphatic carbocycles. The normalized spacial score (nSPS) is 12.6. The number of unbranched alkanes of at least 4 members (excludes halogenated alkanes) is 1. The van der Waals surface area contributed by atoms with E-state index in [0.29, 0.717) is 40.3 Å². The highest BCUT2D eigenvalue weighted by molar-refractivity contribution is 7.99. The maximum Gasteiger partial charge on any atom is 0.266 e. The molecule has 0 saturated heterocycles. The molecule has 0 radical (unpaired) electrons. The Bertz CT molecular complexity index is 1500. The number of carbonyl (C=O) groups excluding carboxylic acids is 1. The first-order chi connectivity index (χ1) is 17.5. The van der Waals surface area contributed by atoms with Gasteiger partial charge in [0.2, 0.25) is 5.91 Å². The van der Waals surface area contributed by atoms with Crippen LogP contribution in [0.15, 0.2) is 70.6 Å². The van der Waals surface area contributed by atoms with Gasteiger partial charge in [-0.2, -0.15) is 0 Å². The molecule has 1 amide bonds. The number of hydrogen-bond donors (Lipinski definition) is 1. The molecule has 0 atom stereocenters. The lowest BCUT2D eigenvalue weighted by molar-refractivity contribution is -0.116. The third-order valence-corrected chi connectivity index (χ3v) is 7.63. The lowest BCUT2D eigenvalue weighted by Gasteiger charge is -2.13. The molecular formula is C28H25ClFN3O2S. The maximum atomic E-state index is 13.7. The molecule has 0 saturated carbocycles. The second kappa shape index (κ2) is 10.8. The Hall–Kier alpha value is -3.16. The first-order valence-electron chi connectivity index (χ1n) is 12.0. The van der Waals surface area contributed by atoms with Gasteiger partial charge >= 0.3 is 0 Å². The fourth-order valence-corrected chi connectivity index (χ4v) is 5.67. The van der Waals surface area contributed by atoms with Crippen LogP contribution >= 0.6 is 23.4 Å². The van der Waals surface area contributed by atoms with Crippen LogP contribution in [0.3, 0.4) is 0 Å². The van der Waals surface area contributed by atoms with Crippen LogP contribution in [0.1, 0.15) is 36.8 Å². The molecule has 4 aromatic rings. The minimum absolute atomic E-state index is 0.000334. The molecular weight excluding hydrogens is 497 g/mol. The summed E-state index contributed by atoms with van der Waals surface area (Å²) in [5.74, 6) is 0.125. The quantitative estimate of drug-likeness (QED) is 0.162. The number of aryl methyl sites for hydroxylation is 2. The summed E-state index contributed by atoms with van der Waals surface area (Å²) in [6, 6.07) is 17.5. The largest absolute Gasteiger partial charge is 0.326 e. The van der Waals surface area contributed by atoms with E-state index in [2.05, 4.69) is 17.4 Å². The van der Waals surface area contributed by atoms with Crippen LogP contribution in [0.5, 0.6) is 0 Å². The summed E-state index contributed by atoms with van der Waals surface area (Å²) in [6.07, 6.45) is 5.28. The highest BCUT2D eigenvalue weighted by atomic mass is 35.5. The number of aromatic nitrogens is 2. The Balaban J connectivity index is 1.24. The minimum atomic E-state index is -0.547. The fraction of sp³-hybridized carbons (Fsp3) is 0.250. The average Bonchev–Trinajstić information content (AvgIpc) is 3.34. The van der Waals surface area contributed by atoms with Crippen molar-refractivity contribution in [1.82, 2.24) is 9.55 Å². The second-order valence-electron chi connectivity index (χ2n) is 8.84. The van der Waals surface area contributed by atoms with Crippen molar-refractivity contribution in [2.45, 2.75) is 43.7 Å². The Morgan fingerprint density at radius 2 is 1.89 bits per heavy atom. The van der Waals surface area contributed by atoms with Crippen LogP contribution in [0.4, 0.5) is 10.1 Å². The van der Waals surface area contributed by atoms with Gasteiger partial charge in [0.1, 0.15) is 5.82 Å². The van der Waals surface area contributed by atoms with Gasteiger partial charge < -0.3 is 5.32 Å². The standard InChI is InChI=1S/C28H25ClFN3O2S/c29-23-17-21(13-14-24(23)30)33-27(35)22-8-1-2-9-25(22)32-28(33)36-15-4-3-10-26(34)31-20-12-11-18-6-5-7-19(18)16-20/h1-2,8-9,11-14,16-17H,3-7,10,15H2,(H,31,34). The highest BCUT2D eigenvalue weighted by Crippen LogP contribution is 2.26. The molecule has 1 N–H and O–H groups in total. The number of fused-ring (bicyclic) bond motifs is 2. The zero-order valence-corrected chi connectivity index (χ0v) is 21.2. The van der Waals surface area contributed by atoms with E-state index >= 15 is 0 Å². The van der Waals surface area contributed by atoms with Crippen LogP contribution in [-0.4, -0.2) is 21.2 Å². The number of nitrogens with zero attached hydrogens (tertiary/aromatic N) is 2. The first-order valence-corrected chi connectivity index (χ1v) is 13.4. The van der Waals surface area contributed by atoms with Crippen LogP contribution in [0.25, 0.3) is 16.6 Å². The summed E-state index contributed by atoms with van der Waals surface area (Å²) < 4.78 is 15.2. The van der Waals surface area contributed by atoms with Crippen molar-refractivity contribution in [1.29, 1.82) is 0 Å². The zero-order valence-electron chi connectivity index (χ0n) is 19.6. The van der Waals surface area contributed by atoms with Gasteiger partial charge in [-0.15, -0.1) is 0 Å². The average molecular weight is 522 g/mol. The maximum absolute atomic E-state index is 13.7. The second-order valence-corrected chi connectivity index (χ2v) is 10.3. The lowest BCUT2D eigenvalue weighted by atomic mass is 10.1. The van der Waals surface area contributed by atoms with Gasteiger partial charge in [0.25, 0.3) is 5.56 Å². The first kappa shape index (κ1) is 24.5. The minimum Gasteiger partial charge on any atom is -0.326 e. The van der Waals surface area contributed by atoms with E-state index in [9.17, 15) is 14.0 Å². The smallest absolute Gasteiger partial charge is 0.266 e. The van der Waals surface area contributed by atoms with Gasteiger partial charge in [0.05, 0.1) is 21.6 Å². The number of para-hydroxylation sites is 1. The Morgan fingerprint density at radius 1 is 1.06 bits per heavy atom. The third-order valence-electron chi connectivity index (χ3n) is 6.32. The van der Waals surface area contributed by atoms with Gasteiger partial charge in [0, 0.05) is 17.9 Å². The van der Waals surface area contributed by atoms with Crippen LogP contribution in [0.2, 0.25) is 5.02 Å².